The number of pyridine rings is 2. The number of methoxy groups -OCH3 is 1. The van der Waals surface area contributed by atoms with Crippen molar-refractivity contribution in [3.8, 4) is 63.2 Å². The van der Waals surface area contributed by atoms with Crippen LogP contribution in [0.1, 0.15) is 11.1 Å². The Kier molecular flexibility index (Phi) is 33.5. The average Bonchev–Trinajstić information content (AvgIpc) is 3.93. The van der Waals surface area contributed by atoms with E-state index in [1.807, 2.05) is 43.3 Å². The molecule has 7 aromatic rings. The van der Waals surface area contributed by atoms with Crippen molar-refractivity contribution in [2.75, 3.05) is 40.2 Å². The number of morpholine rings is 1. The molecule has 7 radical (unpaired) electrons. The van der Waals surface area contributed by atoms with Gasteiger partial charge in [-0.15, -0.1) is 0 Å². The molecule has 1 fully saturated rings. The number of phenolic OH excluding ortho intramolecular Hbond substituents is 1. The molecule has 2 aliphatic heterocycles. The first-order chi connectivity index (χ1) is 37.7. The Balaban J connectivity index is 0.000000239. The molecule has 29 heteroatoms. The first kappa shape index (κ1) is 63.6. The molecule has 0 aliphatic carbocycles. The maximum Gasteiger partial charge on any atom is 0.569 e. The minimum atomic E-state index is 0.172. The molecule has 0 spiro atoms. The van der Waals surface area contributed by atoms with E-state index in [-0.39, 0.29) is 12.5 Å². The van der Waals surface area contributed by atoms with E-state index in [1.165, 1.54) is 23.9 Å². The van der Waals surface area contributed by atoms with E-state index < -0.39 is 0 Å². The molecule has 2 aliphatic rings. The topological polar surface area (TPSA) is 292 Å². The SMILES string of the molecule is COc1cccc(O[B]O)c1.Cc1cccc(O[B]O)c1.O[B]Oc1ccc(O)cc1.O[B]Oc1ccc2c(c1)OCO2.O[B]Oc1cccc(CN2CCOCC2)c1.O[B]Oc1cccnc1.O[B]Oc1ccncc1. The molecule has 1 saturated heterocycles. The molecule has 8 N–H and O–H groups in total. The average molecular weight is 1050 g/mol. The summed E-state index contributed by atoms with van der Waals surface area (Å²) in [5, 5.41) is 66.7. The van der Waals surface area contributed by atoms with Crippen molar-refractivity contribution in [3.63, 3.8) is 0 Å². The number of aryl methyl sites for hydroxylation is 1. The van der Waals surface area contributed by atoms with Crippen LogP contribution in [0.3, 0.4) is 0 Å². The number of nitrogens with zero attached hydrogens (tertiary/aromatic N) is 3. The Morgan fingerprint density at radius 1 is 0.468 bits per heavy atom. The van der Waals surface area contributed by atoms with Crippen LogP contribution in [0.4, 0.5) is 0 Å². The number of hydrogen-bond acceptors (Lipinski definition) is 22. The molecular formula is C48H53B7N3O19. The summed E-state index contributed by atoms with van der Waals surface area (Å²) in [7, 11) is 6.05. The number of fused-ring (bicyclic) bond motifs is 1. The molecule has 0 amide bonds. The van der Waals surface area contributed by atoms with Crippen LogP contribution in [0.5, 0.6) is 63.2 Å². The van der Waals surface area contributed by atoms with Gasteiger partial charge < -0.3 is 91.8 Å². The molecule has 77 heavy (non-hydrogen) atoms. The van der Waals surface area contributed by atoms with Crippen LogP contribution in [-0.2, 0) is 11.3 Å². The lowest BCUT2D eigenvalue weighted by atomic mass is 10.2. The van der Waals surface area contributed by atoms with Crippen LogP contribution >= 0.6 is 0 Å². The number of rotatable bonds is 17. The molecule has 22 nitrogen and oxygen atoms in total. The Bertz CT molecular complexity index is 2540. The Morgan fingerprint density at radius 2 is 0.948 bits per heavy atom. The highest BCUT2D eigenvalue weighted by Gasteiger charge is 2.14. The van der Waals surface area contributed by atoms with Gasteiger partial charge in [0.25, 0.3) is 0 Å². The fourth-order valence-electron chi connectivity index (χ4n) is 5.83. The second-order valence-corrected chi connectivity index (χ2v) is 14.5. The summed E-state index contributed by atoms with van der Waals surface area (Å²) >= 11 is 0. The molecule has 0 bridgehead atoms. The van der Waals surface area contributed by atoms with Crippen molar-refractivity contribution in [2.24, 2.45) is 0 Å². The molecular weight excluding hydrogens is 998 g/mol. The van der Waals surface area contributed by atoms with Gasteiger partial charge in [-0.2, -0.15) is 0 Å². The van der Waals surface area contributed by atoms with Crippen molar-refractivity contribution >= 4 is 53.8 Å². The summed E-state index contributed by atoms with van der Waals surface area (Å²) in [6, 6.07) is 39.9. The predicted octanol–water partition coefficient (Wildman–Crippen LogP) is 2.52. The van der Waals surface area contributed by atoms with Crippen LogP contribution in [0.25, 0.3) is 0 Å². The Labute approximate surface area is 451 Å². The van der Waals surface area contributed by atoms with Gasteiger partial charge in [-0.3, -0.25) is 14.9 Å². The van der Waals surface area contributed by atoms with Crippen LogP contribution in [-0.4, -0.2) is 149 Å². The monoisotopic (exact) mass is 1050 g/mol. The molecule has 2 aromatic heterocycles. The van der Waals surface area contributed by atoms with Crippen molar-refractivity contribution in [2.45, 2.75) is 13.5 Å². The van der Waals surface area contributed by atoms with Crippen molar-refractivity contribution in [3.05, 3.63) is 175 Å². The van der Waals surface area contributed by atoms with Gasteiger partial charge in [0.05, 0.1) is 26.5 Å². The van der Waals surface area contributed by atoms with E-state index in [9.17, 15) is 0 Å². The van der Waals surface area contributed by atoms with Gasteiger partial charge in [0, 0.05) is 50.4 Å². The van der Waals surface area contributed by atoms with E-state index >= 15 is 0 Å². The molecule has 395 valence electrons. The van der Waals surface area contributed by atoms with E-state index in [4.69, 9.17) is 77.8 Å². The zero-order valence-corrected chi connectivity index (χ0v) is 41.8. The lowest BCUT2D eigenvalue weighted by molar-refractivity contribution is 0.0342. The van der Waals surface area contributed by atoms with Gasteiger partial charge in [-0.05, 0) is 115 Å². The maximum absolute atomic E-state index is 8.80. The first-order valence-electron chi connectivity index (χ1n) is 22.6. The highest BCUT2D eigenvalue weighted by Crippen LogP contribution is 2.35. The Morgan fingerprint density at radius 3 is 1.52 bits per heavy atom. The second-order valence-electron chi connectivity index (χ2n) is 14.5. The van der Waals surface area contributed by atoms with Gasteiger partial charge in [0.15, 0.2) is 11.5 Å². The highest BCUT2D eigenvalue weighted by atomic mass is 16.7. The normalized spacial score (nSPS) is 11.1. The van der Waals surface area contributed by atoms with E-state index in [1.54, 1.807) is 111 Å². The van der Waals surface area contributed by atoms with Gasteiger partial charge >= 0.3 is 53.8 Å². The number of aromatic nitrogens is 2. The van der Waals surface area contributed by atoms with Crippen LogP contribution < -0.4 is 46.8 Å². The number of ether oxygens (including phenoxy) is 4. The lowest BCUT2D eigenvalue weighted by Gasteiger charge is -2.26. The highest BCUT2D eigenvalue weighted by molar-refractivity contribution is 6.18. The molecule has 0 atom stereocenters. The first-order valence-corrected chi connectivity index (χ1v) is 22.6. The molecule has 9 rings (SSSR count). The number of hydrogen-bond donors (Lipinski definition) is 8. The fraction of sp³-hybridized carbons (Fsp3) is 0.167. The summed E-state index contributed by atoms with van der Waals surface area (Å²) in [6.07, 6.45) is 6.30. The number of benzene rings is 5. The molecule has 0 unspecified atom stereocenters. The molecule has 5 aromatic carbocycles. The summed E-state index contributed by atoms with van der Waals surface area (Å²) in [4.78, 5) is 9.84. The smallest absolute Gasteiger partial charge is 0.537 e. The van der Waals surface area contributed by atoms with Crippen LogP contribution in [0.15, 0.2) is 164 Å². The van der Waals surface area contributed by atoms with Crippen LogP contribution in [0, 0.1) is 6.92 Å². The number of aromatic hydroxyl groups is 1. The van der Waals surface area contributed by atoms with Gasteiger partial charge in [0.1, 0.15) is 51.7 Å². The predicted molar refractivity (Wildman–Crippen MR) is 286 cm³/mol. The third-order valence-electron chi connectivity index (χ3n) is 9.23. The zero-order valence-electron chi connectivity index (χ0n) is 41.8. The van der Waals surface area contributed by atoms with Crippen molar-refractivity contribution in [1.29, 1.82) is 0 Å². The van der Waals surface area contributed by atoms with Gasteiger partial charge in [-0.1, -0.05) is 30.3 Å². The van der Waals surface area contributed by atoms with Crippen molar-refractivity contribution in [1.82, 2.24) is 14.9 Å². The lowest BCUT2D eigenvalue weighted by Crippen LogP contribution is -2.35. The van der Waals surface area contributed by atoms with Crippen molar-refractivity contribution < 1.29 is 91.8 Å². The van der Waals surface area contributed by atoms with Gasteiger partial charge in [0.2, 0.25) is 6.79 Å². The summed E-state index contributed by atoms with van der Waals surface area (Å²) < 4.78 is 53.2. The number of phenols is 1. The van der Waals surface area contributed by atoms with E-state index in [0.717, 1.165) is 38.4 Å². The fourth-order valence-corrected chi connectivity index (χ4v) is 5.83. The minimum Gasteiger partial charge on any atom is -0.537 e. The standard InChI is InChI=1S/C11H15BNO3.C7H6BO4.C7H8BO3.C7H8BO2.C6H6BO3.2C5H5BNO2/c14-12-16-11-3-1-2-10(8-11)9-13-4-6-15-7-5-13;9-8-12-5-1-2-6-7(3-5)11-4-10-6;1-10-6-3-2-4-7(5-6)11-8-9;1-6-3-2-4-7(5-6)10-8-9;8-5-1-3-6(4-2-5)10-7-9;8-6-9-5-1-3-7-4-2-5;8-6-9-5-2-1-3-7-4-5/h1-3,8,14H,4-7,9H2;1-3,9H,4H2;2-5,9H,1H3;2-5,9H,1H3;1-4,8-9H;2*1-4,8H. The largest absolute Gasteiger partial charge is 0.569 e. The molecule has 4 heterocycles. The summed E-state index contributed by atoms with van der Waals surface area (Å²) in [6.45, 7) is 6.65. The second kappa shape index (κ2) is 40.6. The van der Waals surface area contributed by atoms with Crippen LogP contribution in [0.2, 0.25) is 0 Å². The third-order valence-corrected chi connectivity index (χ3v) is 9.23. The molecule has 0 saturated carbocycles. The summed E-state index contributed by atoms with van der Waals surface area (Å²) in [5.74, 6) is 6.17. The summed E-state index contributed by atoms with van der Waals surface area (Å²) in [5.41, 5.74) is 2.29. The van der Waals surface area contributed by atoms with E-state index in [0.29, 0.717) is 111 Å². The maximum atomic E-state index is 8.80. The Hall–Kier alpha value is -7.71. The van der Waals surface area contributed by atoms with Gasteiger partial charge in [-0.25, -0.2) is 0 Å². The van der Waals surface area contributed by atoms with E-state index in [2.05, 4.69) is 34.9 Å². The minimum absolute atomic E-state index is 0.172. The third kappa shape index (κ3) is 28.7. The zero-order chi connectivity index (χ0) is 55.6. The quantitative estimate of drug-likeness (QED) is 0.0608.